The van der Waals surface area contributed by atoms with Crippen molar-refractivity contribution in [2.45, 2.75) is 32.9 Å². The maximum absolute atomic E-state index is 11.6. The predicted molar refractivity (Wildman–Crippen MR) is 76.1 cm³/mol. The van der Waals surface area contributed by atoms with Crippen LogP contribution in [0, 0.1) is 0 Å². The van der Waals surface area contributed by atoms with Crippen LogP contribution in [0.1, 0.15) is 20.8 Å². The van der Waals surface area contributed by atoms with Crippen molar-refractivity contribution < 1.29 is 13.2 Å². The zero-order valence-corrected chi connectivity index (χ0v) is 13.1. The van der Waals surface area contributed by atoms with Crippen LogP contribution in [0.25, 0.3) is 0 Å². The van der Waals surface area contributed by atoms with E-state index in [1.165, 1.54) is 0 Å². The van der Waals surface area contributed by atoms with Crippen molar-refractivity contribution in [2.75, 3.05) is 23.0 Å². The van der Waals surface area contributed by atoms with Crippen molar-refractivity contribution in [3.63, 3.8) is 0 Å². The van der Waals surface area contributed by atoms with E-state index >= 15 is 0 Å². The Bertz CT molecular complexity index is 593. The smallest absolute Gasteiger partial charge is 0.322 e. The lowest BCUT2D eigenvalue weighted by Crippen LogP contribution is -2.47. The molecule has 0 bridgehead atoms. The van der Waals surface area contributed by atoms with Gasteiger partial charge < -0.3 is 9.64 Å². The van der Waals surface area contributed by atoms with Crippen LogP contribution in [0.3, 0.4) is 0 Å². The molecule has 0 amide bonds. The first-order chi connectivity index (χ1) is 9.27. The van der Waals surface area contributed by atoms with Crippen molar-refractivity contribution >= 4 is 27.4 Å². The number of hydrogen-bond acceptors (Lipinski definition) is 7. The maximum atomic E-state index is 11.6. The average molecular weight is 321 g/mol. The van der Waals surface area contributed by atoms with Crippen LogP contribution in [0.2, 0.25) is 5.28 Å². The van der Waals surface area contributed by atoms with Gasteiger partial charge >= 0.3 is 6.01 Å². The highest BCUT2D eigenvalue weighted by Crippen LogP contribution is 2.21. The van der Waals surface area contributed by atoms with Crippen LogP contribution in [0.15, 0.2) is 0 Å². The minimum absolute atomic E-state index is 0.0336. The molecule has 20 heavy (non-hydrogen) atoms. The molecule has 0 N–H and O–H groups in total. The molecule has 0 radical (unpaired) electrons. The van der Waals surface area contributed by atoms with Gasteiger partial charge in [0.15, 0.2) is 9.84 Å². The summed E-state index contributed by atoms with van der Waals surface area (Å²) in [7, 11) is -2.99. The molecule has 1 aromatic rings. The first-order valence-electron chi connectivity index (χ1n) is 6.32. The fourth-order valence-corrected chi connectivity index (χ4v) is 3.71. The third-order valence-electron chi connectivity index (χ3n) is 2.84. The summed E-state index contributed by atoms with van der Waals surface area (Å²) in [6, 6.07) is -0.0604. The predicted octanol–water partition coefficient (Wildman–Crippen LogP) is 0.935. The van der Waals surface area contributed by atoms with Crippen molar-refractivity contribution in [3.8, 4) is 6.01 Å². The molecule has 0 saturated carbocycles. The molecule has 1 aliphatic rings. The second-order valence-electron chi connectivity index (χ2n) is 5.01. The van der Waals surface area contributed by atoms with Crippen LogP contribution in [0.5, 0.6) is 6.01 Å². The molecule has 1 fully saturated rings. The minimum Gasteiger partial charge on any atom is -0.461 e. The number of anilines is 1. The van der Waals surface area contributed by atoms with E-state index in [2.05, 4.69) is 15.0 Å². The van der Waals surface area contributed by atoms with Gasteiger partial charge in [0.25, 0.3) is 0 Å². The average Bonchev–Trinajstić information content (AvgIpc) is 2.25. The number of nitrogens with zero attached hydrogens (tertiary/aromatic N) is 4. The minimum atomic E-state index is -2.99. The molecule has 1 atom stereocenters. The molecule has 7 nitrogen and oxygen atoms in total. The van der Waals surface area contributed by atoms with Crippen molar-refractivity contribution in [2.24, 2.45) is 0 Å². The third-order valence-corrected chi connectivity index (χ3v) is 4.81. The van der Waals surface area contributed by atoms with Crippen LogP contribution in [-0.4, -0.2) is 53.6 Å². The van der Waals surface area contributed by atoms with Gasteiger partial charge in [0.05, 0.1) is 17.6 Å². The van der Waals surface area contributed by atoms with Gasteiger partial charge in [-0.2, -0.15) is 15.0 Å². The van der Waals surface area contributed by atoms with Gasteiger partial charge in [-0.05, 0) is 32.4 Å². The van der Waals surface area contributed by atoms with E-state index < -0.39 is 9.84 Å². The molecule has 1 unspecified atom stereocenters. The third kappa shape index (κ3) is 3.69. The van der Waals surface area contributed by atoms with E-state index in [0.29, 0.717) is 12.5 Å². The van der Waals surface area contributed by atoms with E-state index in [1.54, 1.807) is 0 Å². The fraction of sp³-hybridized carbons (Fsp3) is 0.727. The monoisotopic (exact) mass is 320 g/mol. The molecule has 2 rings (SSSR count). The number of rotatable bonds is 3. The quantitative estimate of drug-likeness (QED) is 0.819. The van der Waals surface area contributed by atoms with Gasteiger partial charge in [0.2, 0.25) is 11.2 Å². The first kappa shape index (κ1) is 15.2. The topological polar surface area (TPSA) is 85.3 Å². The Hall–Kier alpha value is -1.15. The van der Waals surface area contributed by atoms with E-state index in [9.17, 15) is 8.42 Å². The summed E-state index contributed by atoms with van der Waals surface area (Å²) >= 11 is 5.87. The Morgan fingerprint density at radius 3 is 2.65 bits per heavy atom. The molecule has 2 heterocycles. The molecule has 112 valence electrons. The normalized spacial score (nSPS) is 22.1. The summed E-state index contributed by atoms with van der Waals surface area (Å²) in [4.78, 5) is 14.0. The molecule has 1 aromatic heterocycles. The van der Waals surface area contributed by atoms with Crippen LogP contribution < -0.4 is 9.64 Å². The first-order valence-corrected chi connectivity index (χ1v) is 8.52. The summed E-state index contributed by atoms with van der Waals surface area (Å²) in [5.41, 5.74) is 0. The van der Waals surface area contributed by atoms with Crippen molar-refractivity contribution in [1.29, 1.82) is 0 Å². The number of sulfone groups is 1. The SMILES string of the molecule is CC(C)Oc1nc(Cl)nc(N2CCS(=O)(=O)CC2C)n1. The Morgan fingerprint density at radius 1 is 1.35 bits per heavy atom. The van der Waals surface area contributed by atoms with Crippen LogP contribution in [-0.2, 0) is 9.84 Å². The number of ether oxygens (including phenoxy) is 1. The lowest BCUT2D eigenvalue weighted by atomic mass is 10.3. The highest BCUT2D eigenvalue weighted by atomic mass is 35.5. The van der Waals surface area contributed by atoms with Gasteiger partial charge in [-0.15, -0.1) is 0 Å². The molecule has 1 saturated heterocycles. The van der Waals surface area contributed by atoms with Gasteiger partial charge in [-0.3, -0.25) is 0 Å². The summed E-state index contributed by atoms with van der Waals surface area (Å²) in [5.74, 6) is 0.514. The van der Waals surface area contributed by atoms with Gasteiger partial charge in [-0.1, -0.05) is 0 Å². The van der Waals surface area contributed by atoms with Gasteiger partial charge in [0, 0.05) is 12.6 Å². The second kappa shape index (κ2) is 5.69. The Morgan fingerprint density at radius 2 is 2.05 bits per heavy atom. The van der Waals surface area contributed by atoms with E-state index in [0.717, 1.165) is 0 Å². The molecule has 0 aromatic carbocycles. The highest BCUT2D eigenvalue weighted by Gasteiger charge is 2.30. The molecule has 9 heteroatoms. The van der Waals surface area contributed by atoms with E-state index in [1.807, 2.05) is 25.7 Å². The lowest BCUT2D eigenvalue weighted by molar-refractivity contribution is 0.221. The second-order valence-corrected chi connectivity index (χ2v) is 7.58. The van der Waals surface area contributed by atoms with Crippen LogP contribution in [0.4, 0.5) is 5.95 Å². The van der Waals surface area contributed by atoms with E-state index in [-0.39, 0.29) is 34.9 Å². The van der Waals surface area contributed by atoms with Crippen molar-refractivity contribution in [1.82, 2.24) is 15.0 Å². The summed E-state index contributed by atoms with van der Waals surface area (Å²) in [6.07, 6.45) is -0.0829. The Balaban J connectivity index is 2.26. The van der Waals surface area contributed by atoms with E-state index in [4.69, 9.17) is 16.3 Å². The molecule has 0 aliphatic carbocycles. The van der Waals surface area contributed by atoms with Crippen LogP contribution >= 0.6 is 11.6 Å². The Labute approximate surface area is 123 Å². The van der Waals surface area contributed by atoms with Gasteiger partial charge in [0.1, 0.15) is 0 Å². The molecular weight excluding hydrogens is 304 g/mol. The number of halogens is 1. The maximum Gasteiger partial charge on any atom is 0.322 e. The molecule has 0 spiro atoms. The summed E-state index contributed by atoms with van der Waals surface area (Å²) in [6.45, 7) is 5.86. The van der Waals surface area contributed by atoms with Crippen molar-refractivity contribution in [3.05, 3.63) is 5.28 Å². The summed E-state index contributed by atoms with van der Waals surface area (Å²) in [5, 5.41) is 0.0336. The zero-order valence-electron chi connectivity index (χ0n) is 11.6. The fourth-order valence-electron chi connectivity index (χ4n) is 2.01. The number of aromatic nitrogens is 3. The standard InChI is InChI=1S/C11H17ClN4O3S/c1-7(2)19-11-14-9(12)13-10(15-11)16-4-5-20(17,18)6-8(16)3/h7-8H,4-6H2,1-3H3. The molecular formula is C11H17ClN4O3S. The summed E-state index contributed by atoms with van der Waals surface area (Å²) < 4.78 is 28.6. The largest absolute Gasteiger partial charge is 0.461 e. The highest BCUT2D eigenvalue weighted by molar-refractivity contribution is 7.91. The molecule has 1 aliphatic heterocycles. The van der Waals surface area contributed by atoms with Gasteiger partial charge in [-0.25, -0.2) is 8.42 Å². The zero-order chi connectivity index (χ0) is 14.9. The number of hydrogen-bond donors (Lipinski definition) is 0. The Kier molecular flexibility index (Phi) is 4.33. The lowest BCUT2D eigenvalue weighted by Gasteiger charge is -2.33.